The van der Waals surface area contributed by atoms with Crippen LogP contribution >= 0.6 is 15.2 Å². The number of hydrogen-bond donors (Lipinski definition) is 1. The van der Waals surface area contributed by atoms with E-state index in [1.54, 1.807) is 14.2 Å². The van der Waals surface area contributed by atoms with E-state index >= 15 is 0 Å². The number of ether oxygens (including phenoxy) is 1. The fraction of sp³-hybridized carbons (Fsp3) is 0.500. The Morgan fingerprint density at radius 3 is 2.24 bits per heavy atom. The molecule has 0 aliphatic carbocycles. The van der Waals surface area contributed by atoms with Gasteiger partial charge in [-0.2, -0.15) is 0 Å². The second kappa shape index (κ2) is 16.6. The second-order valence-electron chi connectivity index (χ2n) is 6.08. The van der Waals surface area contributed by atoms with E-state index in [1.807, 2.05) is 42.2 Å². The SMILES string of the molecule is COc1ccccc1/C(C)=C/CN(C)CCCC(P(=O)([O-])[O-])P(=O)([O-])O.[Na+].[Na+].[Na+]. The predicted octanol–water partition coefficient (Wildman–Crippen LogP) is -8.39. The van der Waals surface area contributed by atoms with E-state index in [-0.39, 0.29) is 95.1 Å². The van der Waals surface area contributed by atoms with Crippen LogP contribution < -0.4 is 108 Å². The van der Waals surface area contributed by atoms with Gasteiger partial charge >= 0.3 is 88.7 Å². The topological polar surface area (TPSA) is 136 Å². The van der Waals surface area contributed by atoms with Crippen LogP contribution in [0, 0.1) is 0 Å². The number of benzene rings is 1. The van der Waals surface area contributed by atoms with Gasteiger partial charge in [0.05, 0.1) is 12.5 Å². The van der Waals surface area contributed by atoms with Crippen molar-refractivity contribution in [1.82, 2.24) is 4.90 Å². The first-order valence-corrected chi connectivity index (χ1v) is 11.3. The molecule has 0 heterocycles. The average Bonchev–Trinajstić information content (AvgIpc) is 2.54. The van der Waals surface area contributed by atoms with Gasteiger partial charge < -0.3 is 38.3 Å². The van der Waals surface area contributed by atoms with Gasteiger partial charge in [-0.1, -0.05) is 31.9 Å². The minimum Gasteiger partial charge on any atom is -0.810 e. The van der Waals surface area contributed by atoms with Gasteiger partial charge in [0.2, 0.25) is 0 Å². The Morgan fingerprint density at radius 2 is 1.76 bits per heavy atom. The molecule has 0 amide bonds. The summed E-state index contributed by atoms with van der Waals surface area (Å²) in [5.74, 6) is 0.752. The summed E-state index contributed by atoms with van der Waals surface area (Å²) in [6.07, 6.45) is 1.68. The molecule has 1 rings (SSSR count). The van der Waals surface area contributed by atoms with Crippen LogP contribution in [0.3, 0.4) is 0 Å². The average molecular weight is 473 g/mol. The molecular formula is C16H24NNa3O7P2. The van der Waals surface area contributed by atoms with E-state index in [0.29, 0.717) is 13.1 Å². The number of methoxy groups -OCH3 is 1. The zero-order chi connectivity index (χ0) is 20.0. The Kier molecular flexibility index (Phi) is 20.4. The summed E-state index contributed by atoms with van der Waals surface area (Å²) in [7, 11) is -7.25. The maximum absolute atomic E-state index is 11.1. The summed E-state index contributed by atoms with van der Waals surface area (Å²) < 4.78 is 27.4. The van der Waals surface area contributed by atoms with Crippen molar-refractivity contribution in [2.45, 2.75) is 25.2 Å². The third-order valence-corrected chi connectivity index (χ3v) is 7.71. The molecule has 1 aromatic carbocycles. The normalized spacial score (nSPS) is 14.7. The van der Waals surface area contributed by atoms with Crippen molar-refractivity contribution in [3.63, 3.8) is 0 Å². The molecule has 0 aliphatic heterocycles. The zero-order valence-electron chi connectivity index (χ0n) is 18.0. The quantitative estimate of drug-likeness (QED) is 0.262. The Bertz CT molecular complexity index is 702. The molecule has 0 aromatic heterocycles. The molecule has 0 spiro atoms. The van der Waals surface area contributed by atoms with E-state index in [4.69, 9.17) is 9.63 Å². The largest absolute Gasteiger partial charge is 1.00 e. The number of hydrogen-bond acceptors (Lipinski definition) is 7. The third kappa shape index (κ3) is 13.3. The summed E-state index contributed by atoms with van der Waals surface area (Å²) in [5, 5.41) is -2.27. The van der Waals surface area contributed by atoms with Crippen LogP contribution in [0.2, 0.25) is 0 Å². The summed E-state index contributed by atoms with van der Waals surface area (Å²) in [5.41, 5.74) is 1.95. The molecule has 29 heavy (non-hydrogen) atoms. The van der Waals surface area contributed by atoms with Gasteiger partial charge in [0.25, 0.3) is 0 Å². The van der Waals surface area contributed by atoms with E-state index in [2.05, 4.69) is 0 Å². The molecule has 0 bridgehead atoms. The molecule has 0 fully saturated rings. The molecule has 0 saturated heterocycles. The Morgan fingerprint density at radius 1 is 1.21 bits per heavy atom. The zero-order valence-corrected chi connectivity index (χ0v) is 25.8. The first kappa shape index (κ1) is 35.6. The number of allylic oxidation sites excluding steroid dienone is 1. The molecule has 2 unspecified atom stereocenters. The summed E-state index contributed by atoms with van der Waals surface area (Å²) in [6.45, 7) is 2.84. The van der Waals surface area contributed by atoms with Crippen LogP contribution in [0.1, 0.15) is 25.3 Å². The fourth-order valence-corrected chi connectivity index (χ4v) is 4.95. The second-order valence-corrected chi connectivity index (χ2v) is 9.94. The van der Waals surface area contributed by atoms with Crippen molar-refractivity contribution in [3.05, 3.63) is 35.9 Å². The molecule has 13 heteroatoms. The smallest absolute Gasteiger partial charge is 0.810 e. The number of likely N-dealkylation sites (N-methyl/N-ethyl adjacent to an activating group) is 1. The Balaban J connectivity index is -0.00000225. The van der Waals surface area contributed by atoms with Crippen molar-refractivity contribution in [3.8, 4) is 5.75 Å². The van der Waals surface area contributed by atoms with Gasteiger partial charge in [-0.25, -0.2) is 0 Å². The molecular weight excluding hydrogens is 449 g/mol. The first-order valence-electron chi connectivity index (χ1n) is 8.00. The summed E-state index contributed by atoms with van der Waals surface area (Å²) >= 11 is 0. The maximum Gasteiger partial charge on any atom is 1.00 e. The third-order valence-electron chi connectivity index (χ3n) is 3.98. The molecule has 0 aliphatic rings. The van der Waals surface area contributed by atoms with Gasteiger partial charge in [0.15, 0.2) is 0 Å². The minimum absolute atomic E-state index is 0. The molecule has 0 radical (unpaired) electrons. The molecule has 8 nitrogen and oxygen atoms in total. The van der Waals surface area contributed by atoms with Gasteiger partial charge in [-0.05, 0) is 45.0 Å². The van der Waals surface area contributed by atoms with Crippen molar-refractivity contribution in [1.29, 1.82) is 0 Å². The standard InChI is InChI=1S/C16H27NO7P2.3Na/c1-13(14-7-4-5-8-15(14)24-3)10-12-17(2)11-6-9-16(25(18,19)20)26(21,22)23;;;/h4-5,7-8,10,16H,6,9,11-12H2,1-3H3,(H2,18,19,20)(H2,21,22,23);;;/q;3*+1/p-3/b13-10+;;;. The van der Waals surface area contributed by atoms with E-state index in [9.17, 15) is 23.8 Å². The van der Waals surface area contributed by atoms with E-state index in [1.165, 1.54) is 0 Å². The number of nitrogens with zero attached hydrogens (tertiary/aromatic N) is 1. The number of para-hydroxylation sites is 1. The van der Waals surface area contributed by atoms with Crippen LogP contribution in [0.5, 0.6) is 5.75 Å². The van der Waals surface area contributed by atoms with Crippen molar-refractivity contribution < 1.29 is 122 Å². The first-order chi connectivity index (χ1) is 12.0. The monoisotopic (exact) mass is 473 g/mol. The van der Waals surface area contributed by atoms with Crippen molar-refractivity contribution in [2.24, 2.45) is 0 Å². The minimum atomic E-state index is -5.41. The van der Waals surface area contributed by atoms with Crippen molar-refractivity contribution in [2.75, 3.05) is 27.2 Å². The molecule has 1 N–H and O–H groups in total. The van der Waals surface area contributed by atoms with Crippen LogP contribution in [0.15, 0.2) is 30.3 Å². The fourth-order valence-electron chi connectivity index (χ4n) is 2.51. The van der Waals surface area contributed by atoms with Crippen LogP contribution in [0.4, 0.5) is 0 Å². The molecule has 2 atom stereocenters. The summed E-state index contributed by atoms with van der Waals surface area (Å²) in [4.78, 5) is 43.8. The molecule has 1 aromatic rings. The van der Waals surface area contributed by atoms with Gasteiger partial charge in [-0.3, -0.25) is 0 Å². The molecule has 0 saturated carbocycles. The number of rotatable bonds is 10. The Labute approximate surface area is 239 Å². The maximum atomic E-state index is 11.1. The predicted molar refractivity (Wildman–Crippen MR) is 94.6 cm³/mol. The van der Waals surface area contributed by atoms with Crippen LogP contribution in [-0.4, -0.2) is 42.4 Å². The van der Waals surface area contributed by atoms with Gasteiger partial charge in [0.1, 0.15) is 13.3 Å². The van der Waals surface area contributed by atoms with Crippen LogP contribution in [0.25, 0.3) is 5.57 Å². The van der Waals surface area contributed by atoms with Crippen molar-refractivity contribution >= 4 is 20.8 Å². The van der Waals surface area contributed by atoms with Gasteiger partial charge in [0, 0.05) is 12.1 Å². The van der Waals surface area contributed by atoms with E-state index in [0.717, 1.165) is 16.9 Å². The summed E-state index contributed by atoms with van der Waals surface area (Å²) in [6, 6.07) is 7.57. The van der Waals surface area contributed by atoms with Crippen LogP contribution in [-0.2, 0) is 9.13 Å². The molecule has 148 valence electrons. The Hall–Kier alpha value is 2.02. The van der Waals surface area contributed by atoms with Gasteiger partial charge in [-0.15, -0.1) is 0 Å². The van der Waals surface area contributed by atoms with E-state index < -0.39 is 27.0 Å².